The lowest BCUT2D eigenvalue weighted by Crippen LogP contribution is -2.44. The Morgan fingerprint density at radius 2 is 1.68 bits per heavy atom. The van der Waals surface area contributed by atoms with Crippen LogP contribution in [-0.4, -0.2) is 56.7 Å². The molecule has 10 heteroatoms. The van der Waals surface area contributed by atoms with Gasteiger partial charge in [-0.2, -0.15) is 4.31 Å². The third kappa shape index (κ3) is 5.45. The summed E-state index contributed by atoms with van der Waals surface area (Å²) in [7, 11) is -3.49. The summed E-state index contributed by atoms with van der Waals surface area (Å²) in [4.78, 5) is 38.1. The summed E-state index contributed by atoms with van der Waals surface area (Å²) in [6.45, 7) is 0.484. The molecule has 0 bridgehead atoms. The van der Waals surface area contributed by atoms with E-state index >= 15 is 0 Å². The highest BCUT2D eigenvalue weighted by molar-refractivity contribution is 7.89. The number of rotatable bonds is 7. The van der Waals surface area contributed by atoms with Crippen LogP contribution in [0, 0.1) is 0 Å². The Hall–Kier alpha value is -3.24. The van der Waals surface area contributed by atoms with E-state index in [2.05, 4.69) is 5.32 Å². The van der Waals surface area contributed by atoms with Crippen LogP contribution >= 0.6 is 0 Å². The number of benzene rings is 2. The highest BCUT2D eigenvalue weighted by Crippen LogP contribution is 2.29. The van der Waals surface area contributed by atoms with E-state index in [1.807, 2.05) is 0 Å². The van der Waals surface area contributed by atoms with Crippen molar-refractivity contribution in [1.29, 1.82) is 0 Å². The summed E-state index contributed by atoms with van der Waals surface area (Å²) in [5.41, 5.74) is 1.88. The van der Waals surface area contributed by atoms with Crippen LogP contribution in [-0.2, 0) is 35.6 Å². The van der Waals surface area contributed by atoms with Gasteiger partial charge in [-0.1, -0.05) is 30.7 Å². The number of fused-ring (bicyclic) bond motifs is 1. The number of carbonyl (C=O) groups is 3. The zero-order valence-electron chi connectivity index (χ0n) is 18.7. The van der Waals surface area contributed by atoms with Crippen molar-refractivity contribution >= 4 is 39.2 Å². The van der Waals surface area contributed by atoms with Crippen molar-refractivity contribution in [2.24, 2.45) is 0 Å². The van der Waals surface area contributed by atoms with Gasteiger partial charge in [-0.05, 0) is 49.1 Å². The van der Waals surface area contributed by atoms with Crippen molar-refractivity contribution in [3.8, 4) is 0 Å². The smallest absolute Gasteiger partial charge is 0.306 e. The fraction of sp³-hybridized carbons (Fsp3) is 0.375. The molecule has 2 aliphatic heterocycles. The molecule has 2 aliphatic rings. The Balaban J connectivity index is 1.27. The summed E-state index contributed by atoms with van der Waals surface area (Å²) in [5, 5.41) is 2.70. The Labute approximate surface area is 198 Å². The minimum atomic E-state index is -3.49. The molecule has 2 amide bonds. The zero-order chi connectivity index (χ0) is 24.1. The van der Waals surface area contributed by atoms with Gasteiger partial charge in [0.1, 0.15) is 6.54 Å². The Bertz CT molecular complexity index is 1170. The summed E-state index contributed by atoms with van der Waals surface area (Å²) >= 11 is 0. The van der Waals surface area contributed by atoms with Crippen LogP contribution in [0.15, 0.2) is 53.4 Å². The molecule has 4 rings (SSSR count). The van der Waals surface area contributed by atoms with Gasteiger partial charge in [0.05, 0.1) is 16.3 Å². The standard InChI is InChI=1S/C24H27N3O6S/c28-22-16-27(21-7-3-2-6-20(21)25-22)23(29)17-33-24(30)13-10-18-8-11-19(12-9-18)34(31,32)26-14-4-1-5-15-26/h2-3,6-9,11-12H,1,4-5,10,13-17H2,(H,25,28). The number of amides is 2. The number of sulfonamides is 1. The quantitative estimate of drug-likeness (QED) is 0.603. The molecule has 0 aliphatic carbocycles. The van der Waals surface area contributed by atoms with Crippen LogP contribution in [0.25, 0.3) is 0 Å². The molecule has 1 N–H and O–H groups in total. The summed E-state index contributed by atoms with van der Waals surface area (Å²) in [6.07, 6.45) is 3.20. The van der Waals surface area contributed by atoms with E-state index in [4.69, 9.17) is 4.74 Å². The second kappa shape index (κ2) is 10.4. The Morgan fingerprint density at radius 3 is 2.41 bits per heavy atom. The number of nitrogens with one attached hydrogen (secondary N) is 1. The molecule has 9 nitrogen and oxygen atoms in total. The molecule has 1 fully saturated rings. The van der Waals surface area contributed by atoms with Gasteiger partial charge in [0.15, 0.2) is 6.61 Å². The van der Waals surface area contributed by atoms with Gasteiger partial charge in [0.25, 0.3) is 5.91 Å². The van der Waals surface area contributed by atoms with Gasteiger partial charge in [0, 0.05) is 19.5 Å². The highest BCUT2D eigenvalue weighted by atomic mass is 32.2. The number of anilines is 2. The summed E-state index contributed by atoms with van der Waals surface area (Å²) in [5.74, 6) is -1.35. The van der Waals surface area contributed by atoms with Crippen molar-refractivity contribution in [3.63, 3.8) is 0 Å². The number of para-hydroxylation sites is 2. The van der Waals surface area contributed by atoms with Crippen LogP contribution < -0.4 is 10.2 Å². The first-order valence-corrected chi connectivity index (χ1v) is 12.7. The molecule has 2 heterocycles. The minimum absolute atomic E-state index is 0.0442. The topological polar surface area (TPSA) is 113 Å². The molecule has 0 atom stereocenters. The van der Waals surface area contributed by atoms with Crippen molar-refractivity contribution < 1.29 is 27.5 Å². The lowest BCUT2D eigenvalue weighted by atomic mass is 10.1. The number of esters is 1. The summed E-state index contributed by atoms with van der Waals surface area (Å²) in [6, 6.07) is 13.4. The van der Waals surface area contributed by atoms with E-state index in [0.717, 1.165) is 24.8 Å². The van der Waals surface area contributed by atoms with E-state index in [1.54, 1.807) is 48.5 Å². The lowest BCUT2D eigenvalue weighted by molar-refractivity contribution is -0.147. The number of ether oxygens (including phenoxy) is 1. The highest BCUT2D eigenvalue weighted by Gasteiger charge is 2.27. The fourth-order valence-electron chi connectivity index (χ4n) is 4.08. The third-order valence-electron chi connectivity index (χ3n) is 5.92. The number of hydrogen-bond donors (Lipinski definition) is 1. The van der Waals surface area contributed by atoms with E-state index in [9.17, 15) is 22.8 Å². The molecule has 0 saturated carbocycles. The van der Waals surface area contributed by atoms with Gasteiger partial charge >= 0.3 is 5.97 Å². The maximum absolute atomic E-state index is 12.7. The first-order valence-electron chi connectivity index (χ1n) is 11.3. The first-order chi connectivity index (χ1) is 16.3. The van der Waals surface area contributed by atoms with Gasteiger partial charge in [0.2, 0.25) is 15.9 Å². The molecule has 2 aromatic carbocycles. The number of hydrogen-bond acceptors (Lipinski definition) is 6. The SMILES string of the molecule is O=C1CN(C(=O)COC(=O)CCc2ccc(S(=O)(=O)N3CCCCC3)cc2)c2ccccc2N1. The predicted octanol–water partition coefficient (Wildman–Crippen LogP) is 2.32. The van der Waals surface area contributed by atoms with E-state index < -0.39 is 28.5 Å². The normalized spacial score (nSPS) is 16.5. The van der Waals surface area contributed by atoms with E-state index in [0.29, 0.717) is 30.9 Å². The van der Waals surface area contributed by atoms with Crippen molar-refractivity contribution in [1.82, 2.24) is 4.31 Å². The first kappa shape index (κ1) is 23.9. The zero-order valence-corrected chi connectivity index (χ0v) is 19.6. The number of aryl methyl sites for hydroxylation is 1. The molecular weight excluding hydrogens is 458 g/mol. The number of piperidine rings is 1. The number of nitrogens with zero attached hydrogens (tertiary/aromatic N) is 2. The largest absolute Gasteiger partial charge is 0.456 e. The average Bonchev–Trinajstić information content (AvgIpc) is 2.86. The van der Waals surface area contributed by atoms with Crippen LogP contribution in [0.2, 0.25) is 0 Å². The monoisotopic (exact) mass is 485 g/mol. The average molecular weight is 486 g/mol. The molecule has 180 valence electrons. The minimum Gasteiger partial charge on any atom is -0.456 e. The van der Waals surface area contributed by atoms with Crippen molar-refractivity contribution in [2.75, 3.05) is 36.5 Å². The molecular formula is C24H27N3O6S. The van der Waals surface area contributed by atoms with Gasteiger partial charge < -0.3 is 10.1 Å². The van der Waals surface area contributed by atoms with Crippen LogP contribution in [0.3, 0.4) is 0 Å². The van der Waals surface area contributed by atoms with Crippen LogP contribution in [0.5, 0.6) is 0 Å². The van der Waals surface area contributed by atoms with E-state index in [1.165, 1.54) is 9.21 Å². The van der Waals surface area contributed by atoms with E-state index in [-0.39, 0.29) is 23.8 Å². The van der Waals surface area contributed by atoms with Crippen LogP contribution in [0.4, 0.5) is 11.4 Å². The predicted molar refractivity (Wildman–Crippen MR) is 126 cm³/mol. The maximum Gasteiger partial charge on any atom is 0.306 e. The van der Waals surface area contributed by atoms with Gasteiger partial charge in [-0.15, -0.1) is 0 Å². The fourth-order valence-corrected chi connectivity index (χ4v) is 5.59. The molecule has 0 spiro atoms. The molecule has 34 heavy (non-hydrogen) atoms. The van der Waals surface area contributed by atoms with Crippen molar-refractivity contribution in [2.45, 2.75) is 37.0 Å². The number of carbonyl (C=O) groups excluding carboxylic acids is 3. The van der Waals surface area contributed by atoms with Gasteiger partial charge in [-0.3, -0.25) is 19.3 Å². The molecule has 0 aromatic heterocycles. The molecule has 2 aromatic rings. The Kier molecular flexibility index (Phi) is 7.28. The Morgan fingerprint density at radius 1 is 0.971 bits per heavy atom. The second-order valence-electron chi connectivity index (χ2n) is 8.31. The molecule has 1 saturated heterocycles. The third-order valence-corrected chi connectivity index (χ3v) is 7.84. The lowest BCUT2D eigenvalue weighted by Gasteiger charge is -2.28. The van der Waals surface area contributed by atoms with Crippen molar-refractivity contribution in [3.05, 3.63) is 54.1 Å². The summed E-state index contributed by atoms with van der Waals surface area (Å²) < 4.78 is 32.1. The van der Waals surface area contributed by atoms with Gasteiger partial charge in [-0.25, -0.2) is 8.42 Å². The van der Waals surface area contributed by atoms with Crippen LogP contribution in [0.1, 0.15) is 31.2 Å². The second-order valence-corrected chi connectivity index (χ2v) is 10.3. The molecule has 0 unspecified atom stereocenters. The maximum atomic E-state index is 12.7. The molecule has 0 radical (unpaired) electrons.